The second-order valence-electron chi connectivity index (χ2n) is 4.22. The predicted molar refractivity (Wildman–Crippen MR) is 60.8 cm³/mol. The van der Waals surface area contributed by atoms with Crippen molar-refractivity contribution in [2.24, 2.45) is 0 Å². The van der Waals surface area contributed by atoms with Crippen molar-refractivity contribution in [1.29, 1.82) is 0 Å². The summed E-state index contributed by atoms with van der Waals surface area (Å²) in [6, 6.07) is 5.57. The predicted octanol–water partition coefficient (Wildman–Crippen LogP) is 0.349. The second kappa shape index (κ2) is 4.23. The molecule has 1 heterocycles. The SMILES string of the molecule is Cc1ccc(N2CC(O)C(O)C2)c(C=O)c1. The second-order valence-corrected chi connectivity index (χ2v) is 4.22. The largest absolute Gasteiger partial charge is 0.389 e. The number of aliphatic hydroxyl groups excluding tert-OH is 2. The summed E-state index contributed by atoms with van der Waals surface area (Å²) >= 11 is 0. The lowest BCUT2D eigenvalue weighted by atomic mass is 10.1. The molecule has 1 saturated heterocycles. The van der Waals surface area contributed by atoms with Crippen LogP contribution in [0.4, 0.5) is 5.69 Å². The van der Waals surface area contributed by atoms with Gasteiger partial charge in [-0.05, 0) is 19.1 Å². The van der Waals surface area contributed by atoms with Gasteiger partial charge in [0, 0.05) is 24.3 Å². The van der Waals surface area contributed by atoms with Crippen molar-refractivity contribution < 1.29 is 15.0 Å². The Morgan fingerprint density at radius 1 is 1.31 bits per heavy atom. The van der Waals surface area contributed by atoms with Crippen LogP contribution in [-0.2, 0) is 0 Å². The number of nitrogens with zero attached hydrogens (tertiary/aromatic N) is 1. The maximum Gasteiger partial charge on any atom is 0.152 e. The summed E-state index contributed by atoms with van der Waals surface area (Å²) in [5, 5.41) is 18.9. The van der Waals surface area contributed by atoms with Crippen LogP contribution in [0.3, 0.4) is 0 Å². The molecule has 2 atom stereocenters. The minimum Gasteiger partial charge on any atom is -0.389 e. The number of aldehydes is 1. The Hall–Kier alpha value is -1.39. The average Bonchev–Trinajstić information content (AvgIpc) is 2.59. The first kappa shape index (κ1) is 11.1. The van der Waals surface area contributed by atoms with Crippen LogP contribution in [0.5, 0.6) is 0 Å². The standard InChI is InChI=1S/C12H15NO3/c1-8-2-3-10(9(4-8)7-14)13-5-11(15)12(16)6-13/h2-4,7,11-12,15-16H,5-6H2,1H3. The summed E-state index contributed by atoms with van der Waals surface area (Å²) in [6.07, 6.45) is -0.666. The van der Waals surface area contributed by atoms with Gasteiger partial charge in [-0.1, -0.05) is 11.6 Å². The molecule has 0 bridgehead atoms. The van der Waals surface area contributed by atoms with E-state index in [4.69, 9.17) is 0 Å². The van der Waals surface area contributed by atoms with Crippen molar-refractivity contribution in [3.05, 3.63) is 29.3 Å². The minimum atomic E-state index is -0.735. The van der Waals surface area contributed by atoms with Crippen LogP contribution in [0.2, 0.25) is 0 Å². The molecule has 2 N–H and O–H groups in total. The fourth-order valence-electron chi connectivity index (χ4n) is 2.02. The smallest absolute Gasteiger partial charge is 0.152 e. The summed E-state index contributed by atoms with van der Waals surface area (Å²) in [4.78, 5) is 12.8. The van der Waals surface area contributed by atoms with Crippen molar-refractivity contribution in [3.63, 3.8) is 0 Å². The summed E-state index contributed by atoms with van der Waals surface area (Å²) < 4.78 is 0. The van der Waals surface area contributed by atoms with Crippen molar-refractivity contribution in [2.45, 2.75) is 19.1 Å². The third-order valence-electron chi connectivity index (χ3n) is 2.91. The Kier molecular flexibility index (Phi) is 2.94. The molecule has 1 aromatic carbocycles. The van der Waals surface area contributed by atoms with E-state index in [0.29, 0.717) is 18.7 Å². The first-order chi connectivity index (χ1) is 7.61. The Labute approximate surface area is 94.1 Å². The number of hydrogen-bond donors (Lipinski definition) is 2. The Morgan fingerprint density at radius 3 is 2.50 bits per heavy atom. The third kappa shape index (κ3) is 1.94. The van der Waals surface area contributed by atoms with Gasteiger partial charge in [-0.3, -0.25) is 4.79 Å². The topological polar surface area (TPSA) is 60.8 Å². The zero-order valence-corrected chi connectivity index (χ0v) is 9.13. The highest BCUT2D eigenvalue weighted by molar-refractivity contribution is 5.85. The molecular formula is C12H15NO3. The minimum absolute atomic E-state index is 0.366. The maximum absolute atomic E-state index is 10.9. The van der Waals surface area contributed by atoms with Gasteiger partial charge >= 0.3 is 0 Å². The van der Waals surface area contributed by atoms with Gasteiger partial charge in [0.1, 0.15) is 0 Å². The van der Waals surface area contributed by atoms with Gasteiger partial charge in [0.05, 0.1) is 12.2 Å². The molecule has 2 rings (SSSR count). The van der Waals surface area contributed by atoms with E-state index in [2.05, 4.69) is 0 Å². The highest BCUT2D eigenvalue weighted by Crippen LogP contribution is 2.24. The van der Waals surface area contributed by atoms with Gasteiger partial charge in [-0.15, -0.1) is 0 Å². The molecule has 16 heavy (non-hydrogen) atoms. The van der Waals surface area contributed by atoms with Gasteiger partial charge in [0.2, 0.25) is 0 Å². The number of anilines is 1. The van der Waals surface area contributed by atoms with E-state index >= 15 is 0 Å². The zero-order valence-electron chi connectivity index (χ0n) is 9.13. The first-order valence-electron chi connectivity index (χ1n) is 5.28. The Balaban J connectivity index is 2.30. The lowest BCUT2D eigenvalue weighted by Crippen LogP contribution is -2.22. The molecule has 86 valence electrons. The molecule has 1 fully saturated rings. The molecule has 0 spiro atoms. The summed E-state index contributed by atoms with van der Waals surface area (Å²) in [5.41, 5.74) is 2.39. The van der Waals surface area contributed by atoms with Gasteiger partial charge < -0.3 is 15.1 Å². The van der Waals surface area contributed by atoms with E-state index in [9.17, 15) is 15.0 Å². The highest BCUT2D eigenvalue weighted by Gasteiger charge is 2.30. The number of carbonyl (C=O) groups is 1. The molecule has 4 nitrogen and oxygen atoms in total. The normalized spacial score (nSPS) is 24.8. The number of aliphatic hydroxyl groups is 2. The molecule has 0 aromatic heterocycles. The molecule has 0 radical (unpaired) electrons. The number of rotatable bonds is 2. The zero-order chi connectivity index (χ0) is 11.7. The summed E-state index contributed by atoms with van der Waals surface area (Å²) in [5.74, 6) is 0. The van der Waals surface area contributed by atoms with Crippen LogP contribution in [0.25, 0.3) is 0 Å². The summed E-state index contributed by atoms with van der Waals surface area (Å²) in [7, 11) is 0. The average molecular weight is 221 g/mol. The molecular weight excluding hydrogens is 206 g/mol. The number of hydrogen-bond acceptors (Lipinski definition) is 4. The van der Waals surface area contributed by atoms with Crippen molar-refractivity contribution in [3.8, 4) is 0 Å². The van der Waals surface area contributed by atoms with Crippen molar-refractivity contribution in [1.82, 2.24) is 0 Å². The van der Waals surface area contributed by atoms with E-state index in [-0.39, 0.29) is 0 Å². The van der Waals surface area contributed by atoms with Crippen LogP contribution >= 0.6 is 0 Å². The van der Waals surface area contributed by atoms with Crippen LogP contribution in [0.1, 0.15) is 15.9 Å². The van der Waals surface area contributed by atoms with Gasteiger partial charge in [0.15, 0.2) is 6.29 Å². The van der Waals surface area contributed by atoms with Crippen LogP contribution in [0, 0.1) is 6.92 Å². The van der Waals surface area contributed by atoms with E-state index < -0.39 is 12.2 Å². The van der Waals surface area contributed by atoms with Gasteiger partial charge in [-0.25, -0.2) is 0 Å². The number of carbonyl (C=O) groups excluding carboxylic acids is 1. The number of aryl methyl sites for hydroxylation is 1. The van der Waals surface area contributed by atoms with Gasteiger partial charge in [0.25, 0.3) is 0 Å². The van der Waals surface area contributed by atoms with E-state index in [1.54, 1.807) is 6.07 Å². The quantitative estimate of drug-likeness (QED) is 0.707. The molecule has 1 aliphatic heterocycles. The monoisotopic (exact) mass is 221 g/mol. The lowest BCUT2D eigenvalue weighted by molar-refractivity contribution is 0.0572. The number of benzene rings is 1. The van der Waals surface area contributed by atoms with E-state index in [1.165, 1.54) is 0 Å². The summed E-state index contributed by atoms with van der Waals surface area (Å²) in [6.45, 7) is 2.65. The fraction of sp³-hybridized carbons (Fsp3) is 0.417. The maximum atomic E-state index is 10.9. The molecule has 1 aromatic rings. The lowest BCUT2D eigenvalue weighted by Gasteiger charge is -2.19. The molecule has 4 heteroatoms. The fourth-order valence-corrected chi connectivity index (χ4v) is 2.02. The molecule has 2 unspecified atom stereocenters. The molecule has 1 aliphatic rings. The molecule has 0 aliphatic carbocycles. The van der Waals surface area contributed by atoms with Crippen LogP contribution < -0.4 is 4.90 Å². The van der Waals surface area contributed by atoms with E-state index in [0.717, 1.165) is 17.5 Å². The van der Waals surface area contributed by atoms with E-state index in [1.807, 2.05) is 24.0 Å². The highest BCUT2D eigenvalue weighted by atomic mass is 16.3. The molecule has 0 amide bonds. The van der Waals surface area contributed by atoms with Crippen molar-refractivity contribution in [2.75, 3.05) is 18.0 Å². The van der Waals surface area contributed by atoms with Gasteiger partial charge in [-0.2, -0.15) is 0 Å². The molecule has 0 saturated carbocycles. The van der Waals surface area contributed by atoms with Crippen LogP contribution in [0.15, 0.2) is 18.2 Å². The third-order valence-corrected chi connectivity index (χ3v) is 2.91. The van der Waals surface area contributed by atoms with Crippen LogP contribution in [-0.4, -0.2) is 41.8 Å². The first-order valence-corrected chi connectivity index (χ1v) is 5.28. The Morgan fingerprint density at radius 2 is 1.94 bits per heavy atom. The van der Waals surface area contributed by atoms with Crippen molar-refractivity contribution >= 4 is 12.0 Å². The Bertz CT molecular complexity index is 395. The number of β-amino-alcohol motifs (C(OH)–C–C–N with tert-alkyl or cyclic N) is 2.